The third-order valence-electron chi connectivity index (χ3n) is 3.74. The summed E-state index contributed by atoms with van der Waals surface area (Å²) in [6.07, 6.45) is 6.51. The average molecular weight is 227 g/mol. The van der Waals surface area contributed by atoms with Crippen LogP contribution in [0.4, 0.5) is 0 Å². The first-order chi connectivity index (χ1) is 7.77. The molecule has 2 aliphatic rings. The Balaban J connectivity index is 1.87. The minimum Gasteiger partial charge on any atom is -0.480 e. The summed E-state index contributed by atoms with van der Waals surface area (Å²) in [5, 5.41) is 9.12. The van der Waals surface area contributed by atoms with Crippen LogP contribution in [0.3, 0.4) is 0 Å². The summed E-state index contributed by atoms with van der Waals surface area (Å²) in [5.41, 5.74) is 0. The minimum atomic E-state index is -0.740. The van der Waals surface area contributed by atoms with Gasteiger partial charge in [0.25, 0.3) is 0 Å². The standard InChI is InChI=1S/C12H21NO3/c14-12(15)11-9-16-7-6-13(11)8-10-4-2-1-3-5-10/h10-11H,1-9H2,(H,14,15). The molecule has 92 valence electrons. The molecular formula is C12H21NO3. The molecule has 0 aromatic rings. The van der Waals surface area contributed by atoms with E-state index in [1.165, 1.54) is 32.1 Å². The zero-order valence-electron chi connectivity index (χ0n) is 9.73. The quantitative estimate of drug-likeness (QED) is 0.790. The van der Waals surface area contributed by atoms with Crippen molar-refractivity contribution in [3.05, 3.63) is 0 Å². The Morgan fingerprint density at radius 1 is 1.31 bits per heavy atom. The molecule has 1 saturated heterocycles. The second-order valence-electron chi connectivity index (χ2n) is 4.93. The summed E-state index contributed by atoms with van der Waals surface area (Å²) in [6.45, 7) is 2.74. The van der Waals surface area contributed by atoms with Crippen molar-refractivity contribution < 1.29 is 14.6 Å². The maximum absolute atomic E-state index is 11.1. The van der Waals surface area contributed by atoms with Crippen molar-refractivity contribution >= 4 is 5.97 Å². The van der Waals surface area contributed by atoms with E-state index in [1.807, 2.05) is 0 Å². The first-order valence-electron chi connectivity index (χ1n) is 6.32. The van der Waals surface area contributed by atoms with E-state index in [9.17, 15) is 4.79 Å². The Morgan fingerprint density at radius 2 is 2.06 bits per heavy atom. The molecule has 4 nitrogen and oxygen atoms in total. The van der Waals surface area contributed by atoms with E-state index in [2.05, 4.69) is 4.90 Å². The molecule has 1 heterocycles. The Kier molecular flexibility index (Phi) is 4.18. The molecule has 1 unspecified atom stereocenters. The third kappa shape index (κ3) is 2.95. The molecule has 1 saturated carbocycles. The largest absolute Gasteiger partial charge is 0.480 e. The molecule has 1 N–H and O–H groups in total. The summed E-state index contributed by atoms with van der Waals surface area (Å²) in [6, 6.07) is -0.421. The molecule has 16 heavy (non-hydrogen) atoms. The molecular weight excluding hydrogens is 206 g/mol. The van der Waals surface area contributed by atoms with Crippen molar-refractivity contribution in [2.75, 3.05) is 26.3 Å². The molecule has 0 amide bonds. The fourth-order valence-electron chi connectivity index (χ4n) is 2.79. The van der Waals surface area contributed by atoms with Crippen LogP contribution in [0.1, 0.15) is 32.1 Å². The lowest BCUT2D eigenvalue weighted by molar-refractivity contribution is -0.150. The number of carboxylic acid groups (broad SMARTS) is 1. The lowest BCUT2D eigenvalue weighted by Gasteiger charge is -2.36. The van der Waals surface area contributed by atoms with Gasteiger partial charge in [0.2, 0.25) is 0 Å². The molecule has 0 bridgehead atoms. The van der Waals surface area contributed by atoms with Gasteiger partial charge in [0.15, 0.2) is 0 Å². The van der Waals surface area contributed by atoms with E-state index in [0.29, 0.717) is 19.1 Å². The fraction of sp³-hybridized carbons (Fsp3) is 0.917. The van der Waals surface area contributed by atoms with Crippen molar-refractivity contribution in [1.29, 1.82) is 0 Å². The molecule has 0 spiro atoms. The molecule has 0 aromatic heterocycles. The predicted octanol–water partition coefficient (Wildman–Crippen LogP) is 1.35. The zero-order chi connectivity index (χ0) is 11.4. The molecule has 0 radical (unpaired) electrons. The van der Waals surface area contributed by atoms with Crippen LogP contribution in [-0.4, -0.2) is 48.3 Å². The van der Waals surface area contributed by atoms with Crippen molar-refractivity contribution in [2.24, 2.45) is 5.92 Å². The molecule has 2 rings (SSSR count). The minimum absolute atomic E-state index is 0.349. The van der Waals surface area contributed by atoms with Crippen LogP contribution in [0.15, 0.2) is 0 Å². The lowest BCUT2D eigenvalue weighted by Crippen LogP contribution is -2.51. The second kappa shape index (κ2) is 5.64. The number of carbonyl (C=O) groups is 1. The van der Waals surface area contributed by atoms with E-state index in [0.717, 1.165) is 13.1 Å². The van der Waals surface area contributed by atoms with E-state index in [4.69, 9.17) is 9.84 Å². The Morgan fingerprint density at radius 3 is 2.75 bits per heavy atom. The summed E-state index contributed by atoms with van der Waals surface area (Å²) in [4.78, 5) is 13.2. The number of carboxylic acids is 1. The highest BCUT2D eigenvalue weighted by Gasteiger charge is 2.30. The maximum Gasteiger partial charge on any atom is 0.323 e. The Bertz CT molecular complexity index is 238. The molecule has 2 fully saturated rings. The van der Waals surface area contributed by atoms with Crippen LogP contribution in [0, 0.1) is 5.92 Å². The third-order valence-corrected chi connectivity index (χ3v) is 3.74. The van der Waals surface area contributed by atoms with Crippen LogP contribution in [0.2, 0.25) is 0 Å². The van der Waals surface area contributed by atoms with Crippen LogP contribution < -0.4 is 0 Å². The number of nitrogens with zero attached hydrogens (tertiary/aromatic N) is 1. The van der Waals surface area contributed by atoms with Gasteiger partial charge in [-0.25, -0.2) is 0 Å². The molecule has 0 aromatic carbocycles. The van der Waals surface area contributed by atoms with Gasteiger partial charge in [-0.3, -0.25) is 9.69 Å². The van der Waals surface area contributed by atoms with Gasteiger partial charge in [-0.2, -0.15) is 0 Å². The number of aliphatic carboxylic acids is 1. The summed E-state index contributed by atoms with van der Waals surface area (Å²) in [5.74, 6) is -0.0378. The highest BCUT2D eigenvalue weighted by Crippen LogP contribution is 2.25. The first-order valence-corrected chi connectivity index (χ1v) is 6.32. The Labute approximate surface area is 96.6 Å². The smallest absolute Gasteiger partial charge is 0.323 e. The SMILES string of the molecule is O=C(O)C1COCCN1CC1CCCCC1. The first kappa shape index (κ1) is 11.9. The van der Waals surface area contributed by atoms with Gasteiger partial charge in [-0.1, -0.05) is 19.3 Å². The number of hydrogen-bond acceptors (Lipinski definition) is 3. The molecule has 1 aliphatic carbocycles. The van der Waals surface area contributed by atoms with Gasteiger partial charge in [0, 0.05) is 13.1 Å². The zero-order valence-corrected chi connectivity index (χ0v) is 9.73. The number of rotatable bonds is 3. The predicted molar refractivity (Wildman–Crippen MR) is 60.4 cm³/mol. The van der Waals surface area contributed by atoms with Gasteiger partial charge in [-0.15, -0.1) is 0 Å². The van der Waals surface area contributed by atoms with Crippen molar-refractivity contribution in [1.82, 2.24) is 4.90 Å². The maximum atomic E-state index is 11.1. The van der Waals surface area contributed by atoms with Crippen LogP contribution >= 0.6 is 0 Å². The molecule has 1 aliphatic heterocycles. The number of hydrogen-bond donors (Lipinski definition) is 1. The van der Waals surface area contributed by atoms with E-state index in [1.54, 1.807) is 0 Å². The lowest BCUT2D eigenvalue weighted by atomic mass is 9.88. The highest BCUT2D eigenvalue weighted by molar-refractivity contribution is 5.73. The van der Waals surface area contributed by atoms with Gasteiger partial charge in [0.05, 0.1) is 13.2 Å². The average Bonchev–Trinajstić information content (AvgIpc) is 2.31. The van der Waals surface area contributed by atoms with Crippen LogP contribution in [0.5, 0.6) is 0 Å². The van der Waals surface area contributed by atoms with E-state index >= 15 is 0 Å². The number of morpholine rings is 1. The monoisotopic (exact) mass is 227 g/mol. The van der Waals surface area contributed by atoms with Gasteiger partial charge >= 0.3 is 5.97 Å². The Hall–Kier alpha value is -0.610. The summed E-state index contributed by atoms with van der Waals surface area (Å²) >= 11 is 0. The summed E-state index contributed by atoms with van der Waals surface area (Å²) in [7, 11) is 0. The highest BCUT2D eigenvalue weighted by atomic mass is 16.5. The van der Waals surface area contributed by atoms with Crippen LogP contribution in [0.25, 0.3) is 0 Å². The van der Waals surface area contributed by atoms with E-state index in [-0.39, 0.29) is 0 Å². The molecule has 1 atom stereocenters. The second-order valence-corrected chi connectivity index (χ2v) is 4.93. The fourth-order valence-corrected chi connectivity index (χ4v) is 2.79. The number of ether oxygens (including phenoxy) is 1. The van der Waals surface area contributed by atoms with Gasteiger partial charge in [0.1, 0.15) is 6.04 Å². The van der Waals surface area contributed by atoms with E-state index < -0.39 is 12.0 Å². The van der Waals surface area contributed by atoms with Gasteiger partial charge in [-0.05, 0) is 18.8 Å². The summed E-state index contributed by atoms with van der Waals surface area (Å²) < 4.78 is 5.24. The normalized spacial score (nSPS) is 29.1. The molecule has 4 heteroatoms. The van der Waals surface area contributed by atoms with Crippen molar-refractivity contribution in [2.45, 2.75) is 38.1 Å². The van der Waals surface area contributed by atoms with Crippen LogP contribution in [-0.2, 0) is 9.53 Å². The van der Waals surface area contributed by atoms with Crippen molar-refractivity contribution in [3.63, 3.8) is 0 Å². The topological polar surface area (TPSA) is 49.8 Å². The van der Waals surface area contributed by atoms with Gasteiger partial charge < -0.3 is 9.84 Å². The van der Waals surface area contributed by atoms with Crippen molar-refractivity contribution in [3.8, 4) is 0 Å².